The van der Waals surface area contributed by atoms with E-state index in [1.807, 2.05) is 6.92 Å². The Morgan fingerprint density at radius 3 is 2.22 bits per heavy atom. The molecule has 8 heteroatoms. The van der Waals surface area contributed by atoms with Crippen molar-refractivity contribution in [3.05, 3.63) is 18.5 Å². The first-order valence-corrected chi connectivity index (χ1v) is 5.16. The van der Waals surface area contributed by atoms with Crippen LogP contribution in [0.5, 0.6) is 0 Å². The number of rotatable bonds is 4. The summed E-state index contributed by atoms with van der Waals surface area (Å²) in [7, 11) is 0. The first kappa shape index (κ1) is 15.8. The van der Waals surface area contributed by atoms with Crippen molar-refractivity contribution in [2.24, 2.45) is 5.73 Å². The lowest BCUT2D eigenvalue weighted by molar-refractivity contribution is -0.159. The van der Waals surface area contributed by atoms with Crippen LogP contribution in [0.4, 0.5) is 5.95 Å². The van der Waals surface area contributed by atoms with Gasteiger partial charge in [0.2, 0.25) is 5.95 Å². The molecule has 0 radical (unpaired) electrons. The second-order valence-corrected chi connectivity index (χ2v) is 3.38. The number of nitrogens with one attached hydrogen (secondary N) is 1. The number of aliphatic carboxylic acids is 2. The first-order chi connectivity index (χ1) is 8.43. The van der Waals surface area contributed by atoms with Crippen LogP contribution in [-0.4, -0.2) is 44.7 Å². The molecule has 1 unspecified atom stereocenters. The van der Waals surface area contributed by atoms with Gasteiger partial charge in [-0.05, 0) is 19.4 Å². The fraction of sp³-hybridized carbons (Fsp3) is 0.400. The SMILES string of the molecule is CC(N)CCNc1ncccn1.O=C(O)C(=O)O. The minimum atomic E-state index is -1.82. The van der Waals surface area contributed by atoms with E-state index in [2.05, 4.69) is 15.3 Å². The van der Waals surface area contributed by atoms with Crippen molar-refractivity contribution in [3.63, 3.8) is 0 Å². The number of hydrogen-bond acceptors (Lipinski definition) is 6. The summed E-state index contributed by atoms with van der Waals surface area (Å²) in [5.74, 6) is -2.98. The van der Waals surface area contributed by atoms with E-state index < -0.39 is 11.9 Å². The first-order valence-electron chi connectivity index (χ1n) is 5.16. The summed E-state index contributed by atoms with van der Waals surface area (Å²) in [4.78, 5) is 26.2. The minimum absolute atomic E-state index is 0.223. The highest BCUT2D eigenvalue weighted by Crippen LogP contribution is 1.94. The lowest BCUT2D eigenvalue weighted by Crippen LogP contribution is -2.19. The lowest BCUT2D eigenvalue weighted by Gasteiger charge is -2.05. The Bertz CT molecular complexity index is 357. The van der Waals surface area contributed by atoms with E-state index in [4.69, 9.17) is 25.5 Å². The fourth-order valence-electron chi connectivity index (χ4n) is 0.802. The van der Waals surface area contributed by atoms with E-state index in [-0.39, 0.29) is 6.04 Å². The molecule has 18 heavy (non-hydrogen) atoms. The Labute approximate surface area is 104 Å². The van der Waals surface area contributed by atoms with Crippen LogP contribution in [0.3, 0.4) is 0 Å². The van der Waals surface area contributed by atoms with Crippen molar-refractivity contribution in [2.75, 3.05) is 11.9 Å². The molecule has 1 aromatic heterocycles. The zero-order valence-electron chi connectivity index (χ0n) is 9.91. The maximum atomic E-state index is 9.10. The molecule has 8 nitrogen and oxygen atoms in total. The number of nitrogens with two attached hydrogens (primary N) is 1. The van der Waals surface area contributed by atoms with Crippen molar-refractivity contribution in [3.8, 4) is 0 Å². The molecule has 0 aliphatic heterocycles. The van der Waals surface area contributed by atoms with Crippen molar-refractivity contribution in [1.82, 2.24) is 9.97 Å². The van der Waals surface area contributed by atoms with Crippen LogP contribution in [0.15, 0.2) is 18.5 Å². The smallest absolute Gasteiger partial charge is 0.414 e. The molecule has 1 rings (SSSR count). The van der Waals surface area contributed by atoms with Crippen LogP contribution in [0.25, 0.3) is 0 Å². The minimum Gasteiger partial charge on any atom is -0.473 e. The summed E-state index contributed by atoms with van der Waals surface area (Å²) in [6.45, 7) is 2.80. The highest BCUT2D eigenvalue weighted by molar-refractivity contribution is 6.27. The van der Waals surface area contributed by atoms with Crippen LogP contribution in [0, 0.1) is 0 Å². The van der Waals surface area contributed by atoms with Crippen LogP contribution < -0.4 is 11.1 Å². The molecule has 5 N–H and O–H groups in total. The Hall–Kier alpha value is -2.22. The second-order valence-electron chi connectivity index (χ2n) is 3.38. The average molecular weight is 256 g/mol. The molecular weight excluding hydrogens is 240 g/mol. The Morgan fingerprint density at radius 1 is 1.33 bits per heavy atom. The number of carbonyl (C=O) groups is 2. The normalized spacial score (nSPS) is 10.8. The number of carboxylic acids is 2. The summed E-state index contributed by atoms with van der Waals surface area (Å²) < 4.78 is 0. The predicted octanol–water partition coefficient (Wildman–Crippen LogP) is -0.219. The highest BCUT2D eigenvalue weighted by Gasteiger charge is 2.04. The zero-order chi connectivity index (χ0) is 14.0. The molecule has 0 fully saturated rings. The summed E-state index contributed by atoms with van der Waals surface area (Å²) in [6, 6.07) is 2.01. The second kappa shape index (κ2) is 8.88. The van der Waals surface area contributed by atoms with Crippen LogP contribution in [-0.2, 0) is 9.59 Å². The summed E-state index contributed by atoms with van der Waals surface area (Å²) >= 11 is 0. The van der Waals surface area contributed by atoms with Gasteiger partial charge in [-0.3, -0.25) is 0 Å². The third-order valence-corrected chi connectivity index (χ3v) is 1.63. The lowest BCUT2D eigenvalue weighted by atomic mass is 10.2. The number of hydrogen-bond donors (Lipinski definition) is 4. The molecule has 0 aliphatic rings. The van der Waals surface area contributed by atoms with E-state index in [9.17, 15) is 0 Å². The predicted molar refractivity (Wildman–Crippen MR) is 64.1 cm³/mol. The van der Waals surface area contributed by atoms with Crippen molar-refractivity contribution in [2.45, 2.75) is 19.4 Å². The van der Waals surface area contributed by atoms with Gasteiger partial charge in [0.15, 0.2) is 0 Å². The molecule has 0 aromatic carbocycles. The molecule has 0 amide bonds. The summed E-state index contributed by atoms with van der Waals surface area (Å²) in [6.07, 6.45) is 4.35. The maximum absolute atomic E-state index is 9.10. The number of anilines is 1. The average Bonchev–Trinajstić information content (AvgIpc) is 2.30. The van der Waals surface area contributed by atoms with E-state index in [0.29, 0.717) is 5.95 Å². The van der Waals surface area contributed by atoms with Gasteiger partial charge in [0, 0.05) is 25.0 Å². The summed E-state index contributed by atoms with van der Waals surface area (Å²) in [5, 5.41) is 17.9. The summed E-state index contributed by atoms with van der Waals surface area (Å²) in [5.41, 5.74) is 5.58. The Kier molecular flexibility index (Phi) is 7.78. The van der Waals surface area contributed by atoms with Crippen molar-refractivity contribution < 1.29 is 19.8 Å². The van der Waals surface area contributed by atoms with Gasteiger partial charge in [0.25, 0.3) is 0 Å². The molecular formula is C10H16N4O4. The fourth-order valence-corrected chi connectivity index (χ4v) is 0.802. The standard InChI is InChI=1S/C8H14N4.C2H2O4/c1-7(9)3-6-12-8-10-4-2-5-11-8;3-1(4)2(5)6/h2,4-5,7H,3,6,9H2,1H3,(H,10,11,12);(H,3,4)(H,5,6). The van der Waals surface area contributed by atoms with Gasteiger partial charge in [0.05, 0.1) is 0 Å². The topological polar surface area (TPSA) is 138 Å². The van der Waals surface area contributed by atoms with Gasteiger partial charge < -0.3 is 21.3 Å². The number of nitrogens with zero attached hydrogens (tertiary/aromatic N) is 2. The molecule has 0 saturated heterocycles. The Balaban J connectivity index is 0.000000411. The molecule has 1 atom stereocenters. The van der Waals surface area contributed by atoms with Gasteiger partial charge in [-0.15, -0.1) is 0 Å². The highest BCUT2D eigenvalue weighted by atomic mass is 16.4. The molecule has 100 valence electrons. The molecule has 1 heterocycles. The molecule has 0 bridgehead atoms. The van der Waals surface area contributed by atoms with E-state index in [1.165, 1.54) is 0 Å². The van der Waals surface area contributed by atoms with E-state index in [0.717, 1.165) is 13.0 Å². The quantitative estimate of drug-likeness (QED) is 0.542. The van der Waals surface area contributed by atoms with Crippen LogP contribution in [0.2, 0.25) is 0 Å². The van der Waals surface area contributed by atoms with Crippen LogP contribution in [0.1, 0.15) is 13.3 Å². The molecule has 0 aliphatic carbocycles. The van der Waals surface area contributed by atoms with Gasteiger partial charge in [0.1, 0.15) is 0 Å². The van der Waals surface area contributed by atoms with Crippen LogP contribution >= 0.6 is 0 Å². The maximum Gasteiger partial charge on any atom is 0.414 e. The van der Waals surface area contributed by atoms with Gasteiger partial charge in [-0.1, -0.05) is 0 Å². The van der Waals surface area contributed by atoms with Crippen molar-refractivity contribution in [1.29, 1.82) is 0 Å². The molecule has 1 aromatic rings. The molecule has 0 spiro atoms. The van der Waals surface area contributed by atoms with E-state index in [1.54, 1.807) is 18.5 Å². The third kappa shape index (κ3) is 9.04. The molecule has 0 saturated carbocycles. The third-order valence-electron chi connectivity index (χ3n) is 1.63. The monoisotopic (exact) mass is 256 g/mol. The van der Waals surface area contributed by atoms with E-state index >= 15 is 0 Å². The van der Waals surface area contributed by atoms with Crippen molar-refractivity contribution >= 4 is 17.9 Å². The van der Waals surface area contributed by atoms with Gasteiger partial charge in [-0.25, -0.2) is 19.6 Å². The van der Waals surface area contributed by atoms with Gasteiger partial charge in [-0.2, -0.15) is 0 Å². The van der Waals surface area contributed by atoms with Gasteiger partial charge >= 0.3 is 11.9 Å². The largest absolute Gasteiger partial charge is 0.473 e. The number of aromatic nitrogens is 2. The number of carboxylic acid groups (broad SMARTS) is 2. The Morgan fingerprint density at radius 2 is 1.83 bits per heavy atom. The zero-order valence-corrected chi connectivity index (χ0v) is 9.91.